The third-order valence-corrected chi connectivity index (χ3v) is 5.69. The van der Waals surface area contributed by atoms with Crippen molar-refractivity contribution in [3.8, 4) is 17.0 Å². The van der Waals surface area contributed by atoms with E-state index < -0.39 is 17.5 Å². The molecule has 10 heteroatoms. The second-order valence-corrected chi connectivity index (χ2v) is 8.97. The number of rotatable bonds is 10. The molecule has 0 aliphatic carbocycles. The Balaban J connectivity index is 0.000000392. The molecule has 4 N–H and O–H groups in total. The van der Waals surface area contributed by atoms with E-state index >= 15 is 0 Å². The first kappa shape index (κ1) is 26.6. The monoisotopic (exact) mass is 510 g/mol. The molecular formula is C26H26N2O7S. The number of hydrogen-bond donors (Lipinski definition) is 4. The molecule has 1 atom stereocenters. The van der Waals surface area contributed by atoms with Crippen LogP contribution in [-0.2, 0) is 16.1 Å². The van der Waals surface area contributed by atoms with Crippen molar-refractivity contribution in [1.82, 2.24) is 10.5 Å². The molecule has 4 aromatic rings. The number of hydrogen-bond acceptors (Lipinski definition) is 8. The van der Waals surface area contributed by atoms with Crippen molar-refractivity contribution >= 4 is 33.6 Å². The number of thiophene rings is 1. The lowest BCUT2D eigenvalue weighted by atomic mass is 10.1. The van der Waals surface area contributed by atoms with Crippen molar-refractivity contribution in [2.45, 2.75) is 19.1 Å². The number of carboxylic acids is 2. The van der Waals surface area contributed by atoms with Crippen LogP contribution in [-0.4, -0.2) is 51.2 Å². The number of aromatic nitrogens is 1. The first-order chi connectivity index (χ1) is 17.2. The summed E-state index contributed by atoms with van der Waals surface area (Å²) in [7, 11) is 0. The van der Waals surface area contributed by atoms with Crippen molar-refractivity contribution in [3.63, 3.8) is 0 Å². The van der Waals surface area contributed by atoms with Gasteiger partial charge in [0, 0.05) is 30.8 Å². The molecule has 4 rings (SSSR count). The smallest absolute Gasteiger partial charge is 0.328 e. The summed E-state index contributed by atoms with van der Waals surface area (Å²) >= 11 is 1.60. The van der Waals surface area contributed by atoms with Gasteiger partial charge in [0.2, 0.25) is 0 Å². The zero-order valence-corrected chi connectivity index (χ0v) is 20.3. The van der Waals surface area contributed by atoms with Crippen LogP contribution in [0.3, 0.4) is 0 Å². The number of carbonyl (C=O) groups is 2. The molecule has 2 aromatic heterocycles. The van der Waals surface area contributed by atoms with E-state index in [0.29, 0.717) is 31.0 Å². The van der Waals surface area contributed by atoms with Crippen molar-refractivity contribution in [3.05, 3.63) is 83.8 Å². The van der Waals surface area contributed by atoms with Gasteiger partial charge >= 0.3 is 11.9 Å². The lowest BCUT2D eigenvalue weighted by molar-refractivity contribution is -0.134. The van der Waals surface area contributed by atoms with Gasteiger partial charge in [-0.25, -0.2) is 9.59 Å². The summed E-state index contributed by atoms with van der Waals surface area (Å²) in [5.41, 5.74) is 2.73. The Morgan fingerprint density at radius 3 is 2.50 bits per heavy atom. The number of benzene rings is 2. The highest BCUT2D eigenvalue weighted by atomic mass is 32.1. The molecule has 0 saturated carbocycles. The molecule has 2 heterocycles. The van der Waals surface area contributed by atoms with Crippen molar-refractivity contribution < 1.29 is 34.2 Å². The summed E-state index contributed by atoms with van der Waals surface area (Å²) in [6, 6.07) is 19.7. The van der Waals surface area contributed by atoms with Gasteiger partial charge in [-0.15, -0.1) is 11.3 Å². The van der Waals surface area contributed by atoms with Gasteiger partial charge in [-0.1, -0.05) is 47.6 Å². The molecule has 0 bridgehead atoms. The molecule has 0 aliphatic heterocycles. The maximum absolute atomic E-state index is 10.6. The molecule has 188 valence electrons. The summed E-state index contributed by atoms with van der Waals surface area (Å²) in [6.45, 7) is 3.09. The highest BCUT2D eigenvalue weighted by Crippen LogP contribution is 2.33. The highest BCUT2D eigenvalue weighted by molar-refractivity contribution is 7.17. The molecular weight excluding hydrogens is 484 g/mol. The minimum atomic E-state index is -1.26. The van der Waals surface area contributed by atoms with Crippen molar-refractivity contribution in [2.75, 3.05) is 13.2 Å². The predicted octanol–water partition coefficient (Wildman–Crippen LogP) is 4.19. The Bertz CT molecular complexity index is 1300. The molecule has 0 saturated heterocycles. The van der Waals surface area contributed by atoms with Gasteiger partial charge < -0.3 is 29.9 Å². The third-order valence-electron chi connectivity index (χ3n) is 4.78. The fraction of sp³-hybridized carbons (Fsp3) is 0.192. The minimum absolute atomic E-state index is 0.186. The largest absolute Gasteiger partial charge is 0.491 e. The van der Waals surface area contributed by atoms with Crippen LogP contribution in [0.15, 0.2) is 82.7 Å². The fourth-order valence-electron chi connectivity index (χ4n) is 3.10. The molecule has 2 aromatic carbocycles. The second-order valence-electron chi connectivity index (χ2n) is 8.06. The Morgan fingerprint density at radius 2 is 1.81 bits per heavy atom. The Morgan fingerprint density at radius 1 is 1.08 bits per heavy atom. The lowest BCUT2D eigenvalue weighted by Crippen LogP contribution is -2.42. The quantitative estimate of drug-likeness (QED) is 0.231. The predicted molar refractivity (Wildman–Crippen MR) is 136 cm³/mol. The van der Waals surface area contributed by atoms with E-state index in [1.807, 2.05) is 53.9 Å². The van der Waals surface area contributed by atoms with Crippen LogP contribution in [0.4, 0.5) is 0 Å². The topological polar surface area (TPSA) is 142 Å². The highest BCUT2D eigenvalue weighted by Gasteiger charge is 2.21. The zero-order chi connectivity index (χ0) is 26.0. The summed E-state index contributed by atoms with van der Waals surface area (Å²) in [5.74, 6) is -1.83. The van der Waals surface area contributed by atoms with E-state index in [1.54, 1.807) is 18.3 Å². The molecule has 0 aliphatic rings. The average Bonchev–Trinajstić information content (AvgIpc) is 3.47. The fourth-order valence-corrected chi connectivity index (χ4v) is 3.92. The maximum atomic E-state index is 10.6. The third kappa shape index (κ3) is 8.35. The number of nitrogens with one attached hydrogen (secondary N) is 1. The summed E-state index contributed by atoms with van der Waals surface area (Å²) in [5, 5.41) is 35.7. The van der Waals surface area contributed by atoms with Crippen LogP contribution in [0.2, 0.25) is 0 Å². The van der Waals surface area contributed by atoms with Crippen LogP contribution in [0.1, 0.15) is 12.5 Å². The first-order valence-corrected chi connectivity index (χ1v) is 11.8. The van der Waals surface area contributed by atoms with Crippen molar-refractivity contribution in [2.24, 2.45) is 0 Å². The Kier molecular flexibility index (Phi) is 9.34. The van der Waals surface area contributed by atoms with E-state index in [0.717, 1.165) is 21.5 Å². The van der Waals surface area contributed by atoms with Crippen LogP contribution < -0.4 is 10.1 Å². The van der Waals surface area contributed by atoms with Crippen molar-refractivity contribution in [1.29, 1.82) is 0 Å². The molecule has 0 spiro atoms. The van der Waals surface area contributed by atoms with Gasteiger partial charge in [0.1, 0.15) is 28.4 Å². The second kappa shape index (κ2) is 12.6. The van der Waals surface area contributed by atoms with Gasteiger partial charge in [-0.2, -0.15) is 0 Å². The first-order valence-electron chi connectivity index (χ1n) is 10.9. The standard InChI is InChI=1S/C22H22N2O3S.C4H4O4/c1-22(25,14-23-13-16-6-3-2-4-7-16)15-26-18-9-5-8-17(12-18)20-21-19(27-24-20)10-11-28-21;5-3(6)1-2-4(7)8/h2-12,23,25H,13-15H2,1H3;1-2H,(H,5,6)(H,7,8)/b;2-1+/t22-;/m0./s1. The number of aliphatic carboxylic acids is 2. The number of carboxylic acid groups (broad SMARTS) is 2. The number of aliphatic hydroxyl groups is 1. The van der Waals surface area contributed by atoms with Crippen LogP contribution >= 0.6 is 11.3 Å². The van der Waals surface area contributed by atoms with Gasteiger partial charge in [-0.3, -0.25) is 0 Å². The van der Waals surface area contributed by atoms with Gasteiger partial charge in [-0.05, 0) is 36.1 Å². The molecule has 0 fully saturated rings. The molecule has 0 radical (unpaired) electrons. The normalized spacial score (nSPS) is 12.6. The molecule has 9 nitrogen and oxygen atoms in total. The van der Waals surface area contributed by atoms with E-state index in [-0.39, 0.29) is 6.61 Å². The zero-order valence-electron chi connectivity index (χ0n) is 19.5. The maximum Gasteiger partial charge on any atom is 0.328 e. The molecule has 0 amide bonds. The van der Waals surface area contributed by atoms with Gasteiger partial charge in [0.25, 0.3) is 0 Å². The van der Waals surface area contributed by atoms with Gasteiger partial charge in [0.05, 0.1) is 0 Å². The number of ether oxygens (including phenoxy) is 1. The van der Waals surface area contributed by atoms with Crippen LogP contribution in [0.5, 0.6) is 5.75 Å². The lowest BCUT2D eigenvalue weighted by Gasteiger charge is -2.24. The summed E-state index contributed by atoms with van der Waals surface area (Å²) < 4.78 is 12.2. The van der Waals surface area contributed by atoms with E-state index in [9.17, 15) is 14.7 Å². The minimum Gasteiger partial charge on any atom is -0.491 e. The van der Waals surface area contributed by atoms with E-state index in [4.69, 9.17) is 19.5 Å². The summed E-state index contributed by atoms with van der Waals surface area (Å²) in [6.07, 6.45) is 1.12. The van der Waals surface area contributed by atoms with E-state index in [1.165, 1.54) is 5.56 Å². The van der Waals surface area contributed by atoms with Crippen LogP contribution in [0, 0.1) is 0 Å². The summed E-state index contributed by atoms with van der Waals surface area (Å²) in [4.78, 5) is 19.1. The van der Waals surface area contributed by atoms with E-state index in [2.05, 4.69) is 22.6 Å². The SMILES string of the molecule is C[C@](O)(CNCc1ccccc1)COc1cccc(-c2noc3ccsc23)c1.O=C(O)/C=C/C(=O)O. The molecule has 0 unspecified atom stereocenters. The van der Waals surface area contributed by atoms with Crippen LogP contribution in [0.25, 0.3) is 21.5 Å². The number of nitrogens with zero attached hydrogens (tertiary/aromatic N) is 1. The Hall–Kier alpha value is -3.99. The van der Waals surface area contributed by atoms with Gasteiger partial charge in [0.15, 0.2) is 5.58 Å². The molecule has 36 heavy (non-hydrogen) atoms. The Labute approximate surface area is 211 Å². The average molecular weight is 511 g/mol. The number of fused-ring (bicyclic) bond motifs is 1.